The minimum Gasteiger partial charge on any atom is -0.548 e. The number of nitrogens with zero attached hydrogens (tertiary/aromatic N) is 1. The number of carbonyl (C=O) groups excluding carboxylic acids is 2. The van der Waals surface area contributed by atoms with Gasteiger partial charge in [-0.2, -0.15) is 0 Å². The topological polar surface area (TPSA) is 99.9 Å². The van der Waals surface area contributed by atoms with Crippen LogP contribution in [-0.4, -0.2) is 37.5 Å². The van der Waals surface area contributed by atoms with Gasteiger partial charge in [0.05, 0.1) is 31.6 Å². The third-order valence-corrected chi connectivity index (χ3v) is 3.99. The summed E-state index contributed by atoms with van der Waals surface area (Å²) in [6.07, 6.45) is -0.237. The van der Waals surface area contributed by atoms with E-state index in [1.807, 2.05) is 0 Å². The summed E-state index contributed by atoms with van der Waals surface area (Å²) in [4.78, 5) is 35.9. The predicted molar refractivity (Wildman–Crippen MR) is 84.9 cm³/mol. The van der Waals surface area contributed by atoms with Gasteiger partial charge in [-0.3, -0.25) is 4.79 Å². The third-order valence-electron chi connectivity index (χ3n) is 3.99. The van der Waals surface area contributed by atoms with E-state index < -0.39 is 24.0 Å². The van der Waals surface area contributed by atoms with Crippen molar-refractivity contribution in [1.82, 2.24) is 4.90 Å². The molecule has 128 valence electrons. The number of carboxylic acids is 1. The first kappa shape index (κ1) is 17.5. The number of amides is 1. The Bertz CT molecular complexity index is 867. The van der Waals surface area contributed by atoms with Gasteiger partial charge in [0, 0.05) is 18.0 Å². The largest absolute Gasteiger partial charge is 0.548 e. The highest BCUT2D eigenvalue weighted by atomic mass is 16.5. The number of likely N-dealkylation sites (N-methyl/N-ethyl adjacent to an activating group) is 1. The molecule has 1 amide bonds. The molecule has 0 saturated heterocycles. The van der Waals surface area contributed by atoms with E-state index in [0.29, 0.717) is 27.8 Å². The molecule has 1 aromatic heterocycles. The lowest BCUT2D eigenvalue weighted by molar-refractivity contribution is -0.305. The Morgan fingerprint density at radius 2 is 1.92 bits per heavy atom. The molecule has 2 aromatic rings. The Morgan fingerprint density at radius 3 is 2.50 bits per heavy atom. The summed E-state index contributed by atoms with van der Waals surface area (Å²) in [6, 6.07) is 3.52. The summed E-state index contributed by atoms with van der Waals surface area (Å²) in [7, 11) is 2.87. The first-order chi connectivity index (χ1) is 11.3. The van der Waals surface area contributed by atoms with Crippen molar-refractivity contribution in [1.29, 1.82) is 0 Å². The van der Waals surface area contributed by atoms with E-state index >= 15 is 0 Å². The number of methoxy groups -OCH3 is 1. The molecule has 7 nitrogen and oxygen atoms in total. The molecule has 1 aromatic carbocycles. The number of carboxylic acid groups (broad SMARTS) is 1. The van der Waals surface area contributed by atoms with Gasteiger partial charge in [0.15, 0.2) is 0 Å². The first-order valence-electron chi connectivity index (χ1n) is 7.30. The van der Waals surface area contributed by atoms with E-state index in [1.165, 1.54) is 14.2 Å². The summed E-state index contributed by atoms with van der Waals surface area (Å²) >= 11 is 0. The molecule has 0 fully saturated rings. The molecule has 0 radical (unpaired) electrons. The zero-order chi connectivity index (χ0) is 18.0. The maximum absolute atomic E-state index is 12.3. The molecule has 0 aliphatic carbocycles. The lowest BCUT2D eigenvalue weighted by atomic mass is 10.0. The molecule has 0 aliphatic heterocycles. The highest BCUT2D eigenvalue weighted by molar-refractivity contribution is 5.88. The molecule has 0 saturated carbocycles. The number of aliphatic carboxylic acids is 1. The van der Waals surface area contributed by atoms with Crippen molar-refractivity contribution in [3.63, 3.8) is 0 Å². The Morgan fingerprint density at radius 1 is 1.25 bits per heavy atom. The number of ether oxygens (including phenoxy) is 1. The summed E-state index contributed by atoms with van der Waals surface area (Å²) in [5, 5.41) is 11.3. The number of aryl methyl sites for hydroxylation is 2. The van der Waals surface area contributed by atoms with E-state index in [2.05, 4.69) is 0 Å². The van der Waals surface area contributed by atoms with Crippen LogP contribution in [0.15, 0.2) is 21.3 Å². The Kier molecular flexibility index (Phi) is 4.92. The SMILES string of the molecule is COc1ccc2c(C)c(CC(=O)N(C)CC(=O)[O-])c(=O)oc2c1C. The fourth-order valence-corrected chi connectivity index (χ4v) is 2.56. The molecule has 0 unspecified atom stereocenters. The minimum absolute atomic E-state index is 0.210. The van der Waals surface area contributed by atoms with Crippen LogP contribution >= 0.6 is 0 Å². The Hall–Kier alpha value is -2.83. The number of hydrogen-bond acceptors (Lipinski definition) is 6. The lowest BCUT2D eigenvalue weighted by Gasteiger charge is -2.18. The van der Waals surface area contributed by atoms with Crippen LogP contribution in [0.5, 0.6) is 5.75 Å². The Balaban J connectivity index is 2.47. The lowest BCUT2D eigenvalue weighted by Crippen LogP contribution is -2.40. The zero-order valence-corrected chi connectivity index (χ0v) is 14.0. The van der Waals surface area contributed by atoms with Crippen LogP contribution < -0.4 is 15.5 Å². The molecule has 0 N–H and O–H groups in total. The standard InChI is InChI=1S/C17H19NO6/c1-9-11-5-6-13(23-4)10(2)16(11)24-17(22)12(9)7-14(19)18(3)8-15(20)21/h5-6H,7-8H2,1-4H3,(H,20,21)/p-1. The zero-order valence-electron chi connectivity index (χ0n) is 14.0. The quantitative estimate of drug-likeness (QED) is 0.724. The second-order valence-corrected chi connectivity index (χ2v) is 5.56. The number of hydrogen-bond donors (Lipinski definition) is 0. The van der Waals surface area contributed by atoms with E-state index in [-0.39, 0.29) is 12.0 Å². The van der Waals surface area contributed by atoms with Crippen molar-refractivity contribution >= 4 is 22.8 Å². The van der Waals surface area contributed by atoms with Gasteiger partial charge >= 0.3 is 5.63 Å². The third kappa shape index (κ3) is 3.24. The second-order valence-electron chi connectivity index (χ2n) is 5.56. The smallest absolute Gasteiger partial charge is 0.340 e. The van der Waals surface area contributed by atoms with Gasteiger partial charge in [-0.1, -0.05) is 0 Å². The normalized spacial score (nSPS) is 10.7. The molecule has 0 spiro atoms. The summed E-state index contributed by atoms with van der Waals surface area (Å²) in [5.74, 6) is -1.27. The maximum Gasteiger partial charge on any atom is 0.340 e. The molecular formula is C17H18NO6-. The first-order valence-corrected chi connectivity index (χ1v) is 7.30. The van der Waals surface area contributed by atoms with Crippen molar-refractivity contribution in [3.05, 3.63) is 39.2 Å². The molecule has 1 heterocycles. The molecular weight excluding hydrogens is 314 g/mol. The average Bonchev–Trinajstić information content (AvgIpc) is 2.51. The van der Waals surface area contributed by atoms with Gasteiger partial charge in [0.1, 0.15) is 11.3 Å². The maximum atomic E-state index is 12.3. The van der Waals surface area contributed by atoms with Crippen molar-refractivity contribution in [2.45, 2.75) is 20.3 Å². The van der Waals surface area contributed by atoms with Crippen LogP contribution in [0.2, 0.25) is 0 Å². The van der Waals surface area contributed by atoms with Crippen LogP contribution in [0.25, 0.3) is 11.0 Å². The summed E-state index contributed by atoms with van der Waals surface area (Å²) in [5.41, 5.74) is 1.33. The second kappa shape index (κ2) is 6.74. The van der Waals surface area contributed by atoms with Gasteiger partial charge in [-0.25, -0.2) is 4.79 Å². The van der Waals surface area contributed by atoms with Gasteiger partial charge in [-0.05, 0) is 31.5 Å². The fourth-order valence-electron chi connectivity index (χ4n) is 2.56. The van der Waals surface area contributed by atoms with Crippen molar-refractivity contribution in [2.75, 3.05) is 20.7 Å². The van der Waals surface area contributed by atoms with E-state index in [9.17, 15) is 19.5 Å². The van der Waals surface area contributed by atoms with Crippen molar-refractivity contribution < 1.29 is 23.8 Å². The number of fused-ring (bicyclic) bond motifs is 1. The summed E-state index contributed by atoms with van der Waals surface area (Å²) < 4.78 is 10.6. The van der Waals surface area contributed by atoms with E-state index in [0.717, 1.165) is 4.90 Å². The van der Waals surface area contributed by atoms with Crippen LogP contribution in [0.4, 0.5) is 0 Å². The molecule has 0 atom stereocenters. The van der Waals surface area contributed by atoms with Crippen LogP contribution in [0.1, 0.15) is 16.7 Å². The number of carbonyl (C=O) groups is 2. The highest BCUT2D eigenvalue weighted by Crippen LogP contribution is 2.29. The number of rotatable bonds is 5. The summed E-state index contributed by atoms with van der Waals surface area (Å²) in [6.45, 7) is 2.97. The van der Waals surface area contributed by atoms with E-state index in [1.54, 1.807) is 26.0 Å². The highest BCUT2D eigenvalue weighted by Gasteiger charge is 2.19. The van der Waals surface area contributed by atoms with Gasteiger partial charge < -0.3 is 24.0 Å². The fraction of sp³-hybridized carbons (Fsp3) is 0.353. The molecule has 0 bridgehead atoms. The number of benzene rings is 1. The minimum atomic E-state index is -1.36. The monoisotopic (exact) mass is 332 g/mol. The molecule has 2 rings (SSSR count). The Labute approximate surface area is 138 Å². The van der Waals surface area contributed by atoms with Crippen molar-refractivity contribution in [3.8, 4) is 5.75 Å². The molecule has 7 heteroatoms. The molecule has 24 heavy (non-hydrogen) atoms. The van der Waals surface area contributed by atoms with Crippen LogP contribution in [-0.2, 0) is 16.0 Å². The van der Waals surface area contributed by atoms with Crippen LogP contribution in [0, 0.1) is 13.8 Å². The van der Waals surface area contributed by atoms with Gasteiger partial charge in [-0.15, -0.1) is 0 Å². The predicted octanol–water partition coefficient (Wildman–Crippen LogP) is 0.169. The van der Waals surface area contributed by atoms with Gasteiger partial charge in [0.25, 0.3) is 0 Å². The van der Waals surface area contributed by atoms with Crippen molar-refractivity contribution in [2.24, 2.45) is 0 Å². The van der Waals surface area contributed by atoms with E-state index in [4.69, 9.17) is 9.15 Å². The molecule has 0 aliphatic rings. The van der Waals surface area contributed by atoms with Crippen LogP contribution in [0.3, 0.4) is 0 Å². The van der Waals surface area contributed by atoms with Gasteiger partial charge in [0.2, 0.25) is 5.91 Å². The average molecular weight is 332 g/mol.